The summed E-state index contributed by atoms with van der Waals surface area (Å²) in [6.45, 7) is 2.92. The maximum absolute atomic E-state index is 14.0. The van der Waals surface area contributed by atoms with Gasteiger partial charge in [-0.25, -0.2) is 12.8 Å². The molecule has 3 rings (SSSR count). The Hall–Kier alpha value is -2.78. The molecule has 0 unspecified atom stereocenters. The second-order valence-corrected chi connectivity index (χ2v) is 9.05. The summed E-state index contributed by atoms with van der Waals surface area (Å²) < 4.78 is 41.8. The highest BCUT2D eigenvalue weighted by atomic mass is 32.2. The SMILES string of the molecule is CC(=O)Nc1ccc(S(=O)(=O)N[C@@H](C)C(=O)N(Cc2ccccc2F)C2CC2)cc1. The summed E-state index contributed by atoms with van der Waals surface area (Å²) in [6.07, 6.45) is 1.62. The van der Waals surface area contributed by atoms with Crippen LogP contribution in [0.1, 0.15) is 32.3 Å². The summed E-state index contributed by atoms with van der Waals surface area (Å²) >= 11 is 0. The van der Waals surface area contributed by atoms with Gasteiger partial charge >= 0.3 is 0 Å². The van der Waals surface area contributed by atoms with Gasteiger partial charge in [0, 0.05) is 30.8 Å². The summed E-state index contributed by atoms with van der Waals surface area (Å²) in [5.41, 5.74) is 0.858. The van der Waals surface area contributed by atoms with E-state index in [1.165, 1.54) is 49.1 Å². The monoisotopic (exact) mass is 433 g/mol. The van der Waals surface area contributed by atoms with E-state index in [0.29, 0.717) is 11.3 Å². The number of benzene rings is 2. The first-order valence-corrected chi connectivity index (χ1v) is 11.1. The van der Waals surface area contributed by atoms with Crippen LogP contribution in [0.2, 0.25) is 0 Å². The highest BCUT2D eigenvalue weighted by molar-refractivity contribution is 7.89. The van der Waals surface area contributed by atoms with Crippen molar-refractivity contribution in [2.24, 2.45) is 0 Å². The van der Waals surface area contributed by atoms with Crippen LogP contribution in [0.5, 0.6) is 0 Å². The third kappa shape index (κ3) is 5.43. The Kier molecular flexibility index (Phi) is 6.52. The molecular formula is C21H24FN3O4S. The lowest BCUT2D eigenvalue weighted by Crippen LogP contribution is -2.47. The number of rotatable bonds is 8. The molecule has 160 valence electrons. The van der Waals surface area contributed by atoms with Gasteiger partial charge in [-0.1, -0.05) is 18.2 Å². The van der Waals surface area contributed by atoms with E-state index < -0.39 is 27.8 Å². The zero-order valence-electron chi connectivity index (χ0n) is 16.8. The molecule has 1 aliphatic carbocycles. The maximum atomic E-state index is 14.0. The minimum Gasteiger partial charge on any atom is -0.334 e. The topological polar surface area (TPSA) is 95.6 Å². The molecule has 2 aromatic carbocycles. The highest BCUT2D eigenvalue weighted by Gasteiger charge is 2.36. The van der Waals surface area contributed by atoms with E-state index in [9.17, 15) is 22.4 Å². The molecule has 7 nitrogen and oxygen atoms in total. The molecule has 30 heavy (non-hydrogen) atoms. The van der Waals surface area contributed by atoms with Crippen LogP contribution < -0.4 is 10.0 Å². The first kappa shape index (κ1) is 21.9. The molecule has 1 fully saturated rings. The zero-order chi connectivity index (χ0) is 21.9. The Morgan fingerprint density at radius 3 is 2.33 bits per heavy atom. The molecule has 1 atom stereocenters. The molecule has 1 saturated carbocycles. The van der Waals surface area contributed by atoms with Gasteiger partial charge in [-0.15, -0.1) is 0 Å². The minimum atomic E-state index is -3.95. The Morgan fingerprint density at radius 1 is 1.13 bits per heavy atom. The third-order valence-electron chi connectivity index (χ3n) is 4.76. The van der Waals surface area contributed by atoms with Gasteiger partial charge < -0.3 is 10.2 Å². The van der Waals surface area contributed by atoms with Gasteiger partial charge in [0.05, 0.1) is 10.9 Å². The minimum absolute atomic E-state index is 0.0130. The van der Waals surface area contributed by atoms with E-state index in [2.05, 4.69) is 10.0 Å². The fourth-order valence-electron chi connectivity index (χ4n) is 3.10. The predicted molar refractivity (Wildman–Crippen MR) is 111 cm³/mol. The van der Waals surface area contributed by atoms with Crippen LogP contribution in [-0.4, -0.2) is 37.2 Å². The number of nitrogens with zero attached hydrogens (tertiary/aromatic N) is 1. The van der Waals surface area contributed by atoms with Crippen molar-refractivity contribution in [2.75, 3.05) is 5.32 Å². The van der Waals surface area contributed by atoms with Crippen LogP contribution >= 0.6 is 0 Å². The zero-order valence-corrected chi connectivity index (χ0v) is 17.6. The fraction of sp³-hybridized carbons (Fsp3) is 0.333. The first-order chi connectivity index (χ1) is 14.2. The Bertz CT molecular complexity index is 1040. The number of nitrogens with one attached hydrogen (secondary N) is 2. The van der Waals surface area contributed by atoms with Gasteiger partial charge in [-0.05, 0) is 50.1 Å². The number of carbonyl (C=O) groups is 2. The molecule has 0 aliphatic heterocycles. The van der Waals surface area contributed by atoms with E-state index in [-0.39, 0.29) is 23.4 Å². The molecule has 2 aromatic rings. The van der Waals surface area contributed by atoms with E-state index in [1.807, 2.05) is 0 Å². The summed E-state index contributed by atoms with van der Waals surface area (Å²) in [4.78, 5) is 25.5. The third-order valence-corrected chi connectivity index (χ3v) is 6.31. The predicted octanol–water partition coefficient (Wildman–Crippen LogP) is 2.64. The van der Waals surface area contributed by atoms with Crippen molar-refractivity contribution in [1.82, 2.24) is 9.62 Å². The molecule has 0 spiro atoms. The van der Waals surface area contributed by atoms with Gasteiger partial charge in [0.15, 0.2) is 0 Å². The lowest BCUT2D eigenvalue weighted by Gasteiger charge is -2.26. The van der Waals surface area contributed by atoms with Crippen LogP contribution in [0.3, 0.4) is 0 Å². The maximum Gasteiger partial charge on any atom is 0.241 e. The standard InChI is InChI=1S/C21H24FN3O4S/c1-14(24-30(28,29)19-11-7-17(8-12-19)23-15(2)26)21(27)25(18-9-10-18)13-16-5-3-4-6-20(16)22/h3-8,11-12,14,18,24H,9-10,13H2,1-2H3,(H,23,26)/t14-/m0/s1. The fourth-order valence-corrected chi connectivity index (χ4v) is 4.30. The van der Waals surface area contributed by atoms with Gasteiger partial charge in [0.25, 0.3) is 0 Å². The molecule has 0 radical (unpaired) electrons. The first-order valence-electron chi connectivity index (χ1n) is 9.61. The Labute approximate surface area is 175 Å². The Morgan fingerprint density at radius 2 is 1.77 bits per heavy atom. The van der Waals surface area contributed by atoms with Crippen molar-refractivity contribution in [1.29, 1.82) is 0 Å². The lowest BCUT2D eigenvalue weighted by molar-refractivity contribution is -0.133. The molecule has 2 N–H and O–H groups in total. The summed E-state index contributed by atoms with van der Waals surface area (Å²) in [5, 5.41) is 2.56. The van der Waals surface area contributed by atoms with Crippen molar-refractivity contribution in [3.8, 4) is 0 Å². The largest absolute Gasteiger partial charge is 0.334 e. The second kappa shape index (κ2) is 8.93. The van der Waals surface area contributed by atoms with Crippen molar-refractivity contribution < 1.29 is 22.4 Å². The molecule has 9 heteroatoms. The smallest absolute Gasteiger partial charge is 0.241 e. The summed E-state index contributed by atoms with van der Waals surface area (Å²) in [6, 6.07) is 10.8. The molecule has 0 heterocycles. The molecule has 2 amide bonds. The number of halogens is 1. The van der Waals surface area contributed by atoms with Gasteiger partial charge in [0.1, 0.15) is 5.82 Å². The molecule has 1 aliphatic rings. The van der Waals surface area contributed by atoms with E-state index in [0.717, 1.165) is 12.8 Å². The van der Waals surface area contributed by atoms with Gasteiger partial charge in [-0.2, -0.15) is 4.72 Å². The van der Waals surface area contributed by atoms with Crippen LogP contribution in [0, 0.1) is 5.82 Å². The normalized spacial score (nSPS) is 14.8. The average molecular weight is 434 g/mol. The molecule has 0 bridgehead atoms. The number of hydrogen-bond donors (Lipinski definition) is 2. The summed E-state index contributed by atoms with van der Waals surface area (Å²) in [5.74, 6) is -1.07. The number of anilines is 1. The number of hydrogen-bond acceptors (Lipinski definition) is 4. The number of amides is 2. The van der Waals surface area contributed by atoms with Crippen molar-refractivity contribution >= 4 is 27.5 Å². The summed E-state index contributed by atoms with van der Waals surface area (Å²) in [7, 11) is -3.95. The van der Waals surface area contributed by atoms with Crippen molar-refractivity contribution in [3.63, 3.8) is 0 Å². The lowest BCUT2D eigenvalue weighted by atomic mass is 10.2. The van der Waals surface area contributed by atoms with Gasteiger partial charge in [-0.3, -0.25) is 9.59 Å². The molecule has 0 aromatic heterocycles. The molecule has 0 saturated heterocycles. The van der Waals surface area contributed by atoms with E-state index in [1.54, 1.807) is 18.2 Å². The van der Waals surface area contributed by atoms with Crippen LogP contribution in [-0.2, 0) is 26.2 Å². The molecular weight excluding hydrogens is 409 g/mol. The van der Waals surface area contributed by atoms with Crippen LogP contribution in [0.4, 0.5) is 10.1 Å². The van der Waals surface area contributed by atoms with Crippen molar-refractivity contribution in [3.05, 3.63) is 59.9 Å². The quantitative estimate of drug-likeness (QED) is 0.669. The van der Waals surface area contributed by atoms with Crippen LogP contribution in [0.15, 0.2) is 53.4 Å². The Balaban J connectivity index is 1.71. The number of sulfonamides is 1. The van der Waals surface area contributed by atoms with E-state index >= 15 is 0 Å². The van der Waals surface area contributed by atoms with Crippen LogP contribution in [0.25, 0.3) is 0 Å². The van der Waals surface area contributed by atoms with Gasteiger partial charge in [0.2, 0.25) is 21.8 Å². The van der Waals surface area contributed by atoms with Crippen molar-refractivity contribution in [2.45, 2.75) is 50.2 Å². The number of carbonyl (C=O) groups excluding carboxylic acids is 2. The second-order valence-electron chi connectivity index (χ2n) is 7.34. The highest BCUT2D eigenvalue weighted by Crippen LogP contribution is 2.29. The average Bonchev–Trinajstić information content (AvgIpc) is 3.51. The van der Waals surface area contributed by atoms with E-state index in [4.69, 9.17) is 0 Å².